The molecule has 0 rings (SSSR count). The Morgan fingerprint density at radius 2 is 1.20 bits per heavy atom. The average molecular weight is 370 g/mol. The molecule has 0 aromatic heterocycles. The predicted octanol–water partition coefficient (Wildman–Crippen LogP) is -0.129. The van der Waals surface area contributed by atoms with Crippen LogP contribution in [-0.2, 0) is 74.6 Å². The van der Waals surface area contributed by atoms with Crippen molar-refractivity contribution < 1.29 is 74.6 Å². The van der Waals surface area contributed by atoms with Crippen LogP contribution < -0.4 is 0 Å². The molecule has 0 bridgehead atoms. The quantitative estimate of drug-likeness (QED) is 0.544. The minimum absolute atomic E-state index is 0. The van der Waals surface area contributed by atoms with Crippen LogP contribution in [0.5, 0.6) is 0 Å². The van der Waals surface area contributed by atoms with Crippen LogP contribution in [0.2, 0.25) is 0 Å². The van der Waals surface area contributed by atoms with E-state index in [1.54, 1.807) is 0 Å². The molecule has 0 aromatic carbocycles. The molecule has 0 fully saturated rings. The second-order valence-corrected chi connectivity index (χ2v) is 0. The van der Waals surface area contributed by atoms with Gasteiger partial charge in [0.2, 0.25) is 0 Å². The molecule has 37 valence electrons. The molecule has 0 amide bonds. The summed E-state index contributed by atoms with van der Waals surface area (Å²) < 4.78 is 8.36. The van der Waals surface area contributed by atoms with Crippen LogP contribution in [0.1, 0.15) is 0 Å². The molecule has 0 aromatic rings. The Hall–Kier alpha value is 2.06. The van der Waals surface area contributed by atoms with E-state index in [0.717, 1.165) is 0 Å². The van der Waals surface area contributed by atoms with Crippen LogP contribution in [0.3, 0.4) is 0 Å². The molecule has 1 nitrogen and oxygen atoms in total. The first kappa shape index (κ1) is 27.7. The molecule has 0 spiro atoms. The van der Waals surface area contributed by atoms with Gasteiger partial charge >= 0.3 is 24.3 Å². The normalized spacial score (nSPS) is 0.600. The molecule has 5 heavy (non-hydrogen) atoms. The summed E-state index contributed by atoms with van der Waals surface area (Å²) in [6, 6.07) is 0. The third-order valence-electron chi connectivity index (χ3n) is 0. The van der Waals surface area contributed by atoms with Gasteiger partial charge in [-0.05, 0) is 0 Å². The van der Waals surface area contributed by atoms with Crippen LogP contribution in [0, 0.1) is 0 Å². The van der Waals surface area contributed by atoms with E-state index in [-0.39, 0.29) is 71.4 Å². The number of rotatable bonds is 0. The van der Waals surface area contributed by atoms with Gasteiger partial charge in [-0.3, -0.25) is 0 Å². The fraction of sp³-hybridized carbons (Fsp3) is 0. The minimum atomic E-state index is 0. The van der Waals surface area contributed by atoms with E-state index in [1.807, 2.05) is 0 Å². The maximum absolute atomic E-state index is 8.36. The van der Waals surface area contributed by atoms with Gasteiger partial charge in [-0.15, -0.1) is 0 Å². The first-order valence-electron chi connectivity index (χ1n) is 0.183. The molecule has 5 heteroatoms. The summed E-state index contributed by atoms with van der Waals surface area (Å²) in [5, 5.41) is 0. The number of hydrogen-bond acceptors (Lipinski definition) is 1. The summed E-state index contributed by atoms with van der Waals surface area (Å²) >= 11 is 0.194. The van der Waals surface area contributed by atoms with Gasteiger partial charge in [-0.2, -0.15) is 0 Å². The van der Waals surface area contributed by atoms with E-state index in [4.69, 9.17) is 3.25 Å². The van der Waals surface area contributed by atoms with Crippen molar-refractivity contribution in [2.45, 2.75) is 0 Å². The van der Waals surface area contributed by atoms with Crippen molar-refractivity contribution in [3.05, 3.63) is 0 Å². The van der Waals surface area contributed by atoms with E-state index in [0.29, 0.717) is 0 Å². The summed E-state index contributed by atoms with van der Waals surface area (Å²) in [7, 11) is 0. The van der Waals surface area contributed by atoms with Crippen molar-refractivity contribution in [2.75, 3.05) is 0 Å². The molecule has 0 aliphatic rings. The molecule has 0 aliphatic carbocycles. The van der Waals surface area contributed by atoms with Crippen LogP contribution in [0.15, 0.2) is 0 Å². The second kappa shape index (κ2) is 36.6. The van der Waals surface area contributed by atoms with Crippen molar-refractivity contribution in [3.63, 3.8) is 0 Å². The van der Waals surface area contributed by atoms with Gasteiger partial charge in [0.15, 0.2) is 0 Å². The monoisotopic (exact) mass is 369 g/mol. The molecular formula is CoMnNiOTa. The van der Waals surface area contributed by atoms with Gasteiger partial charge in [-0.25, -0.2) is 0 Å². The summed E-state index contributed by atoms with van der Waals surface area (Å²) in [6.45, 7) is 0. The zero-order valence-electron chi connectivity index (χ0n) is 1.88. The third kappa shape index (κ3) is 23.5. The van der Waals surface area contributed by atoms with E-state index in [2.05, 4.69) is 0 Å². The third-order valence-corrected chi connectivity index (χ3v) is 0. The molecule has 0 unspecified atom stereocenters. The summed E-state index contributed by atoms with van der Waals surface area (Å²) in [5.74, 6) is 0. The Morgan fingerprint density at radius 3 is 1.20 bits per heavy atom. The molecule has 2 radical (unpaired) electrons. The van der Waals surface area contributed by atoms with Crippen LogP contribution in [0.25, 0.3) is 0 Å². The molecular weight excluding hydrogens is 370 g/mol. The van der Waals surface area contributed by atoms with Crippen molar-refractivity contribution in [3.8, 4) is 0 Å². The Balaban J connectivity index is -0.00000000167. The Morgan fingerprint density at radius 1 is 1.20 bits per heavy atom. The van der Waals surface area contributed by atoms with Gasteiger partial charge in [0.1, 0.15) is 0 Å². The van der Waals surface area contributed by atoms with Gasteiger partial charge in [-0.1, -0.05) is 0 Å². The Bertz CT molecular complexity index is 11.6. The summed E-state index contributed by atoms with van der Waals surface area (Å²) in [6.07, 6.45) is 0. The summed E-state index contributed by atoms with van der Waals surface area (Å²) in [4.78, 5) is 0. The molecule has 0 N–H and O–H groups in total. The summed E-state index contributed by atoms with van der Waals surface area (Å²) in [5.41, 5.74) is 0. The van der Waals surface area contributed by atoms with Crippen LogP contribution >= 0.6 is 0 Å². The maximum atomic E-state index is 8.36. The average Bonchev–Trinajstić information content (AvgIpc) is 1.00. The van der Waals surface area contributed by atoms with E-state index in [1.165, 1.54) is 0 Å². The van der Waals surface area contributed by atoms with Crippen molar-refractivity contribution >= 4 is 0 Å². The second-order valence-electron chi connectivity index (χ2n) is 0. The molecule has 0 saturated heterocycles. The number of hydrogen-bond donors (Lipinski definition) is 0. The fourth-order valence-electron chi connectivity index (χ4n) is 0. The van der Waals surface area contributed by atoms with Crippen molar-refractivity contribution in [1.29, 1.82) is 0 Å². The van der Waals surface area contributed by atoms with Crippen molar-refractivity contribution in [2.24, 2.45) is 0 Å². The van der Waals surface area contributed by atoms with Gasteiger partial charge in [0.25, 0.3) is 0 Å². The first-order valence-corrected chi connectivity index (χ1v) is 1.49. The van der Waals surface area contributed by atoms with Gasteiger partial charge in [0, 0.05) is 50.3 Å². The predicted molar refractivity (Wildman–Crippen MR) is 0.686 cm³/mol. The molecule has 0 saturated carbocycles. The van der Waals surface area contributed by atoms with Crippen LogP contribution in [0.4, 0.5) is 0 Å². The SMILES string of the molecule is [Co].[Mn].[Ni].[O]=[Ta]. The van der Waals surface area contributed by atoms with Crippen LogP contribution in [-0.4, -0.2) is 0 Å². The van der Waals surface area contributed by atoms with E-state index >= 15 is 0 Å². The zero-order chi connectivity index (χ0) is 2.00. The van der Waals surface area contributed by atoms with E-state index < -0.39 is 0 Å². The van der Waals surface area contributed by atoms with Gasteiger partial charge < -0.3 is 0 Å². The zero-order valence-corrected chi connectivity index (χ0v) is 8.31. The van der Waals surface area contributed by atoms with Gasteiger partial charge in [0.05, 0.1) is 0 Å². The van der Waals surface area contributed by atoms with E-state index in [9.17, 15) is 0 Å². The molecule has 0 heterocycles. The topological polar surface area (TPSA) is 17.1 Å². The Kier molecular flexibility index (Phi) is 203. The Labute approximate surface area is 73.9 Å². The molecule has 0 atom stereocenters. The van der Waals surface area contributed by atoms with Crippen molar-refractivity contribution in [1.82, 2.24) is 0 Å². The first-order chi connectivity index (χ1) is 1.00. The molecule has 0 aliphatic heterocycles. The fourth-order valence-corrected chi connectivity index (χ4v) is 0. The standard InChI is InChI=1S/Co.Mn.Ni.O.Ta.